The van der Waals surface area contributed by atoms with E-state index in [1.165, 1.54) is 17.1 Å². The van der Waals surface area contributed by atoms with Crippen LogP contribution in [0.4, 0.5) is 0 Å². The van der Waals surface area contributed by atoms with Gasteiger partial charge in [-0.05, 0) is 66.6 Å². The molecular formula is C42H48N8O9. The number of benzene rings is 2. The number of piperidine rings is 2. The van der Waals surface area contributed by atoms with Crippen LogP contribution in [0.15, 0.2) is 71.7 Å². The van der Waals surface area contributed by atoms with E-state index in [0.29, 0.717) is 47.8 Å². The van der Waals surface area contributed by atoms with Gasteiger partial charge in [-0.2, -0.15) is 0 Å². The summed E-state index contributed by atoms with van der Waals surface area (Å²) in [7, 11) is 5.02. The average molecular weight is 809 g/mol. The number of nitrogens with two attached hydrogens (primary N) is 2. The van der Waals surface area contributed by atoms with Gasteiger partial charge in [0.05, 0.1) is 61.3 Å². The lowest BCUT2D eigenvalue weighted by atomic mass is 9.98. The molecule has 17 nitrogen and oxygen atoms in total. The number of amides is 4. The summed E-state index contributed by atoms with van der Waals surface area (Å²) < 4.78 is 25.3. The van der Waals surface area contributed by atoms with Crippen molar-refractivity contribution in [1.82, 2.24) is 29.7 Å². The molecule has 0 bridgehead atoms. The minimum Gasteiger partial charge on any atom is -0.496 e. The number of hydrogen-bond acceptors (Lipinski definition) is 14. The van der Waals surface area contributed by atoms with Crippen LogP contribution in [-0.4, -0.2) is 107 Å². The highest BCUT2D eigenvalue weighted by Crippen LogP contribution is 2.38. The highest BCUT2D eigenvalue weighted by molar-refractivity contribution is 6.23. The lowest BCUT2D eigenvalue weighted by Gasteiger charge is -2.32. The first-order chi connectivity index (χ1) is 28.4. The van der Waals surface area contributed by atoms with Crippen molar-refractivity contribution in [3.8, 4) is 28.4 Å². The molecule has 310 valence electrons. The number of likely N-dealkylation sites (tertiary alicyclic amines) is 1. The first-order valence-electron chi connectivity index (χ1n) is 19.4. The normalized spacial score (nSPS) is 17.7. The Morgan fingerprint density at radius 2 is 1.68 bits per heavy atom. The van der Waals surface area contributed by atoms with E-state index in [9.17, 15) is 24.0 Å². The summed E-state index contributed by atoms with van der Waals surface area (Å²) in [6.07, 6.45) is 9.06. The number of methoxy groups -OCH3 is 2. The van der Waals surface area contributed by atoms with Gasteiger partial charge in [-0.3, -0.25) is 44.1 Å². The van der Waals surface area contributed by atoms with Gasteiger partial charge in [-0.15, -0.1) is 0 Å². The van der Waals surface area contributed by atoms with Gasteiger partial charge in [0.25, 0.3) is 17.4 Å². The molecule has 1 unspecified atom stereocenters. The van der Waals surface area contributed by atoms with Crippen LogP contribution in [0.1, 0.15) is 58.4 Å². The first kappa shape index (κ1) is 40.9. The Balaban J connectivity index is 0.856. The van der Waals surface area contributed by atoms with Gasteiger partial charge in [0.2, 0.25) is 11.8 Å². The molecule has 59 heavy (non-hydrogen) atoms. The molecule has 1 atom stereocenters. The van der Waals surface area contributed by atoms with Crippen LogP contribution in [-0.2, 0) is 27.9 Å². The minimum atomic E-state index is -1.03. The standard InChI is InChI=1S/C42H48N8O9/c1-47-22-33(29-9-12-45-20-32(29)40(47)53)25-17-36(56-2)34(37(18-25)57-3)23-48-14-10-27(11-15-48)59-24-26(43)21-49(44)13-4-16-58-28-5-6-30-31(19-28)42(55)50(41(30)54)35-7-8-38(51)46-39(35)52/h5-6,9,12,17-22,27,35H,4,7-8,10-11,13-16,23-24,43-44H2,1-3H3,(H,46,51,52)/b26-21-. The van der Waals surface area contributed by atoms with Gasteiger partial charge in [-0.1, -0.05) is 0 Å². The number of rotatable bonds is 15. The lowest BCUT2D eigenvalue weighted by Crippen LogP contribution is -2.54. The predicted molar refractivity (Wildman–Crippen MR) is 216 cm³/mol. The van der Waals surface area contributed by atoms with E-state index >= 15 is 0 Å². The van der Waals surface area contributed by atoms with Crippen molar-refractivity contribution in [3.63, 3.8) is 0 Å². The molecule has 7 rings (SSSR count). The van der Waals surface area contributed by atoms with E-state index in [2.05, 4.69) is 15.2 Å². The Morgan fingerprint density at radius 3 is 2.39 bits per heavy atom. The van der Waals surface area contributed by atoms with Crippen molar-refractivity contribution >= 4 is 34.4 Å². The molecule has 0 spiro atoms. The summed E-state index contributed by atoms with van der Waals surface area (Å²) in [5, 5.41) is 5.00. The number of nitrogens with one attached hydrogen (secondary N) is 1. The van der Waals surface area contributed by atoms with Crippen molar-refractivity contribution in [1.29, 1.82) is 0 Å². The molecule has 5 N–H and O–H groups in total. The van der Waals surface area contributed by atoms with Crippen LogP contribution in [0.3, 0.4) is 0 Å². The molecule has 0 aliphatic carbocycles. The van der Waals surface area contributed by atoms with Gasteiger partial charge in [-0.25, -0.2) is 5.84 Å². The Bertz CT molecular complexity index is 2350. The third kappa shape index (κ3) is 8.77. The SMILES string of the molecule is COc1cc(-c2cn(C)c(=O)c3cnccc23)cc(OC)c1CN1CCC(OC/C(N)=C/N(N)CCCOc2ccc3c(c2)C(=O)N(C2CCC(=O)NC2=O)C3=O)CC1. The smallest absolute Gasteiger partial charge is 0.262 e. The van der Waals surface area contributed by atoms with E-state index < -0.39 is 29.7 Å². The van der Waals surface area contributed by atoms with E-state index in [0.717, 1.165) is 52.9 Å². The summed E-state index contributed by atoms with van der Waals surface area (Å²) in [6.45, 7) is 3.16. The molecule has 3 aliphatic rings. The summed E-state index contributed by atoms with van der Waals surface area (Å²) in [6, 6.07) is 9.38. The van der Waals surface area contributed by atoms with Crippen molar-refractivity contribution in [2.24, 2.45) is 18.6 Å². The Kier molecular flexibility index (Phi) is 12.2. The van der Waals surface area contributed by atoms with Gasteiger partial charge in [0, 0.05) is 76.4 Å². The number of pyridine rings is 2. The van der Waals surface area contributed by atoms with Crippen LogP contribution in [0, 0.1) is 0 Å². The van der Waals surface area contributed by atoms with Gasteiger partial charge < -0.3 is 34.3 Å². The van der Waals surface area contributed by atoms with Crippen LogP contribution in [0.5, 0.6) is 17.2 Å². The molecule has 5 heterocycles. The largest absolute Gasteiger partial charge is 0.496 e. The first-order valence-corrected chi connectivity index (χ1v) is 19.4. The number of ether oxygens (including phenoxy) is 4. The van der Waals surface area contributed by atoms with Crippen molar-refractivity contribution in [3.05, 3.63) is 93.9 Å². The predicted octanol–water partition coefficient (Wildman–Crippen LogP) is 2.44. The van der Waals surface area contributed by atoms with Crippen LogP contribution in [0.2, 0.25) is 0 Å². The molecule has 3 aliphatic heterocycles. The summed E-state index contributed by atoms with van der Waals surface area (Å²) >= 11 is 0. The highest BCUT2D eigenvalue weighted by Gasteiger charge is 2.44. The monoisotopic (exact) mass is 808 g/mol. The number of carbonyl (C=O) groups is 4. The number of imide groups is 2. The van der Waals surface area contributed by atoms with Crippen molar-refractivity contribution in [2.45, 2.75) is 50.8 Å². The van der Waals surface area contributed by atoms with Crippen molar-refractivity contribution in [2.75, 3.05) is 47.1 Å². The van der Waals surface area contributed by atoms with E-state index in [1.807, 2.05) is 24.4 Å². The molecule has 2 aromatic carbocycles. The average Bonchev–Trinajstić information content (AvgIpc) is 3.48. The van der Waals surface area contributed by atoms with Crippen molar-refractivity contribution < 1.29 is 38.1 Å². The molecule has 4 amide bonds. The van der Waals surface area contributed by atoms with Gasteiger partial charge in [0.1, 0.15) is 23.3 Å². The summed E-state index contributed by atoms with van der Waals surface area (Å²) in [5.74, 6) is 5.71. The summed E-state index contributed by atoms with van der Waals surface area (Å²) in [4.78, 5) is 70.1. The third-order valence-electron chi connectivity index (χ3n) is 10.9. The van der Waals surface area contributed by atoms with Crippen LogP contribution in [0.25, 0.3) is 21.9 Å². The van der Waals surface area contributed by atoms with E-state index in [-0.39, 0.29) is 48.8 Å². The number of fused-ring (bicyclic) bond motifs is 2. The lowest BCUT2D eigenvalue weighted by molar-refractivity contribution is -0.136. The van der Waals surface area contributed by atoms with Crippen LogP contribution >= 0.6 is 0 Å². The quantitative estimate of drug-likeness (QED) is 0.0682. The summed E-state index contributed by atoms with van der Waals surface area (Å²) in [5.41, 5.74) is 9.64. The maximum absolute atomic E-state index is 13.1. The highest BCUT2D eigenvalue weighted by atomic mass is 16.5. The number of hydrazine groups is 1. The fourth-order valence-electron chi connectivity index (χ4n) is 7.80. The molecular weight excluding hydrogens is 761 g/mol. The number of aromatic nitrogens is 2. The molecule has 2 saturated heterocycles. The molecule has 4 aromatic rings. The molecule has 0 radical (unpaired) electrons. The number of aryl methyl sites for hydroxylation is 1. The number of hydrogen-bond donors (Lipinski definition) is 3. The zero-order chi connectivity index (χ0) is 41.8. The van der Waals surface area contributed by atoms with Gasteiger partial charge >= 0.3 is 0 Å². The fourth-order valence-corrected chi connectivity index (χ4v) is 7.80. The Hall–Kier alpha value is -6.30. The topological polar surface area (TPSA) is 214 Å². The second-order valence-corrected chi connectivity index (χ2v) is 14.8. The maximum Gasteiger partial charge on any atom is 0.262 e. The zero-order valence-corrected chi connectivity index (χ0v) is 33.3. The van der Waals surface area contributed by atoms with E-state index in [4.69, 9.17) is 30.5 Å². The second-order valence-electron chi connectivity index (χ2n) is 14.8. The van der Waals surface area contributed by atoms with E-state index in [1.54, 1.807) is 50.5 Å². The number of carbonyl (C=O) groups excluding carboxylic acids is 4. The van der Waals surface area contributed by atoms with Crippen LogP contribution < -0.4 is 36.7 Å². The fraction of sp³-hybridized carbons (Fsp3) is 0.381. The molecule has 17 heteroatoms. The zero-order valence-electron chi connectivity index (χ0n) is 33.3. The molecule has 2 aromatic heterocycles. The Labute approximate surface area is 340 Å². The third-order valence-corrected chi connectivity index (χ3v) is 10.9. The maximum atomic E-state index is 13.1. The number of nitrogens with zero attached hydrogens (tertiary/aromatic N) is 5. The minimum absolute atomic E-state index is 0.0297. The van der Waals surface area contributed by atoms with Gasteiger partial charge in [0.15, 0.2) is 0 Å². The Morgan fingerprint density at radius 1 is 0.949 bits per heavy atom. The molecule has 0 saturated carbocycles. The molecule has 2 fully saturated rings. The second kappa shape index (κ2) is 17.7.